The molecular weight excluding hydrogens is 278 g/mol. The predicted octanol–water partition coefficient (Wildman–Crippen LogP) is 1.82. The molecule has 0 aliphatic carbocycles. The number of carbonyl (C=O) groups excluding carboxylic acids is 1. The number of hydrogen-bond donors (Lipinski definition) is 1. The lowest BCUT2D eigenvalue weighted by Gasteiger charge is -2.24. The van der Waals surface area contributed by atoms with Crippen LogP contribution in [0, 0.1) is 18.3 Å². The second-order valence-corrected chi connectivity index (χ2v) is 5.23. The van der Waals surface area contributed by atoms with Crippen molar-refractivity contribution in [1.82, 2.24) is 4.90 Å². The minimum atomic E-state index is -1.02. The summed E-state index contributed by atoms with van der Waals surface area (Å²) >= 11 is 5.80. The summed E-state index contributed by atoms with van der Waals surface area (Å²) in [5.74, 6) is 1.10. The average Bonchev–Trinajstić information content (AvgIpc) is 2.79. The van der Waals surface area contributed by atoms with E-state index >= 15 is 0 Å². The number of amides is 1. The molecule has 1 saturated heterocycles. The van der Waals surface area contributed by atoms with Crippen LogP contribution >= 0.6 is 11.6 Å². The monoisotopic (exact) mass is 291 g/mol. The van der Waals surface area contributed by atoms with Crippen LogP contribution in [0.2, 0.25) is 5.02 Å². The minimum Gasteiger partial charge on any atom is -0.480 e. The number of hydrogen-bond acceptors (Lipinski definition) is 2. The van der Waals surface area contributed by atoms with E-state index in [0.29, 0.717) is 11.6 Å². The van der Waals surface area contributed by atoms with Gasteiger partial charge in [0.15, 0.2) is 0 Å². The molecule has 1 N–H and O–H groups in total. The number of terminal acetylenes is 1. The number of benzene rings is 1. The molecule has 1 fully saturated rings. The molecule has 4 nitrogen and oxygen atoms in total. The van der Waals surface area contributed by atoms with E-state index in [4.69, 9.17) is 18.0 Å². The molecule has 1 aromatic rings. The molecule has 2 atom stereocenters. The Labute approximate surface area is 122 Å². The Kier molecular flexibility index (Phi) is 4.31. The first-order valence-corrected chi connectivity index (χ1v) is 6.62. The Morgan fingerprint density at radius 3 is 2.65 bits per heavy atom. The lowest BCUT2D eigenvalue weighted by molar-refractivity contribution is -0.148. The third-order valence-electron chi connectivity index (χ3n) is 3.40. The van der Waals surface area contributed by atoms with Crippen molar-refractivity contribution < 1.29 is 14.7 Å². The van der Waals surface area contributed by atoms with Gasteiger partial charge in [-0.3, -0.25) is 4.79 Å². The van der Waals surface area contributed by atoms with Crippen molar-refractivity contribution in [1.29, 1.82) is 0 Å². The summed E-state index contributed by atoms with van der Waals surface area (Å²) in [4.78, 5) is 24.7. The van der Waals surface area contributed by atoms with Crippen molar-refractivity contribution in [3.8, 4) is 12.3 Å². The van der Waals surface area contributed by atoms with Gasteiger partial charge < -0.3 is 10.0 Å². The number of aliphatic carboxylic acids is 1. The largest absolute Gasteiger partial charge is 0.480 e. The molecule has 0 aromatic heterocycles. The Morgan fingerprint density at radius 2 is 2.15 bits per heavy atom. The molecule has 0 saturated carbocycles. The van der Waals surface area contributed by atoms with Gasteiger partial charge in [0.25, 0.3) is 0 Å². The maximum atomic E-state index is 11.9. The lowest BCUT2D eigenvalue weighted by Crippen LogP contribution is -2.43. The zero-order valence-electron chi connectivity index (χ0n) is 10.8. The molecule has 2 unspecified atom stereocenters. The van der Waals surface area contributed by atoms with Gasteiger partial charge in [0.1, 0.15) is 6.04 Å². The standard InChI is InChI=1S/C15H14ClNO3/c1-2-10-8-14(18)17(9-10)13(15(19)20)7-11-3-5-12(16)6-4-11/h1,3-6,10,13H,7-9H2,(H,19,20). The predicted molar refractivity (Wildman–Crippen MR) is 75.2 cm³/mol. The topological polar surface area (TPSA) is 57.6 Å². The van der Waals surface area contributed by atoms with Crippen molar-refractivity contribution in [3.05, 3.63) is 34.9 Å². The Balaban J connectivity index is 2.16. The van der Waals surface area contributed by atoms with Gasteiger partial charge in [0, 0.05) is 30.3 Å². The van der Waals surface area contributed by atoms with E-state index in [2.05, 4.69) is 5.92 Å². The number of likely N-dealkylation sites (tertiary alicyclic amines) is 1. The minimum absolute atomic E-state index is 0.199. The molecule has 0 bridgehead atoms. The number of nitrogens with zero attached hydrogens (tertiary/aromatic N) is 1. The number of carboxylic acid groups (broad SMARTS) is 1. The van der Waals surface area contributed by atoms with Gasteiger partial charge in [-0.15, -0.1) is 12.3 Å². The van der Waals surface area contributed by atoms with Crippen LogP contribution in [0.3, 0.4) is 0 Å². The van der Waals surface area contributed by atoms with E-state index in [1.165, 1.54) is 4.90 Å². The summed E-state index contributed by atoms with van der Waals surface area (Å²) in [5.41, 5.74) is 0.818. The summed E-state index contributed by atoms with van der Waals surface area (Å²) in [7, 11) is 0. The van der Waals surface area contributed by atoms with Crippen LogP contribution in [0.5, 0.6) is 0 Å². The number of halogens is 1. The highest BCUT2D eigenvalue weighted by Gasteiger charge is 2.36. The second-order valence-electron chi connectivity index (χ2n) is 4.80. The van der Waals surface area contributed by atoms with Crippen molar-refractivity contribution in [2.75, 3.05) is 6.54 Å². The molecule has 0 radical (unpaired) electrons. The first-order chi connectivity index (χ1) is 9.51. The van der Waals surface area contributed by atoms with Crippen LogP contribution in [-0.2, 0) is 16.0 Å². The zero-order chi connectivity index (χ0) is 14.7. The summed E-state index contributed by atoms with van der Waals surface area (Å²) < 4.78 is 0. The van der Waals surface area contributed by atoms with Crippen LogP contribution in [-0.4, -0.2) is 34.5 Å². The number of carboxylic acids is 1. The van der Waals surface area contributed by atoms with E-state index in [9.17, 15) is 14.7 Å². The van der Waals surface area contributed by atoms with Gasteiger partial charge >= 0.3 is 5.97 Å². The number of carbonyl (C=O) groups is 2. The van der Waals surface area contributed by atoms with E-state index < -0.39 is 12.0 Å². The SMILES string of the molecule is C#CC1CC(=O)N(C(Cc2ccc(Cl)cc2)C(=O)O)C1. The fourth-order valence-corrected chi connectivity index (χ4v) is 2.45. The summed E-state index contributed by atoms with van der Waals surface area (Å²) in [5, 5.41) is 9.94. The first-order valence-electron chi connectivity index (χ1n) is 6.24. The van der Waals surface area contributed by atoms with Crippen molar-refractivity contribution >= 4 is 23.5 Å². The Bertz CT molecular complexity index is 561. The molecule has 20 heavy (non-hydrogen) atoms. The zero-order valence-corrected chi connectivity index (χ0v) is 11.5. The van der Waals surface area contributed by atoms with Crippen LogP contribution in [0.15, 0.2) is 24.3 Å². The van der Waals surface area contributed by atoms with Crippen LogP contribution in [0.4, 0.5) is 0 Å². The molecule has 104 valence electrons. The summed E-state index contributed by atoms with van der Waals surface area (Å²) in [6, 6.07) is 6.04. The molecule has 1 aliphatic heterocycles. The molecule has 5 heteroatoms. The highest BCUT2D eigenvalue weighted by atomic mass is 35.5. The average molecular weight is 292 g/mol. The van der Waals surface area contributed by atoms with Crippen LogP contribution in [0.1, 0.15) is 12.0 Å². The molecule has 2 rings (SSSR count). The van der Waals surface area contributed by atoms with Gasteiger partial charge in [-0.2, -0.15) is 0 Å². The molecule has 1 aliphatic rings. The maximum Gasteiger partial charge on any atom is 0.326 e. The van der Waals surface area contributed by atoms with Gasteiger partial charge in [-0.25, -0.2) is 4.79 Å². The van der Waals surface area contributed by atoms with Crippen LogP contribution < -0.4 is 0 Å². The van der Waals surface area contributed by atoms with Gasteiger partial charge in [0.05, 0.1) is 0 Å². The lowest BCUT2D eigenvalue weighted by atomic mass is 10.0. The van der Waals surface area contributed by atoms with E-state index in [0.717, 1.165) is 5.56 Å². The van der Waals surface area contributed by atoms with E-state index in [1.54, 1.807) is 24.3 Å². The molecular formula is C15H14ClNO3. The third-order valence-corrected chi connectivity index (χ3v) is 3.65. The fourth-order valence-electron chi connectivity index (χ4n) is 2.32. The molecule has 1 aromatic carbocycles. The fraction of sp³-hybridized carbons (Fsp3) is 0.333. The first kappa shape index (κ1) is 14.4. The Morgan fingerprint density at radius 1 is 1.50 bits per heavy atom. The second kappa shape index (κ2) is 5.98. The normalized spacial score (nSPS) is 19.7. The maximum absolute atomic E-state index is 11.9. The van der Waals surface area contributed by atoms with Crippen molar-refractivity contribution in [2.24, 2.45) is 5.92 Å². The van der Waals surface area contributed by atoms with E-state index in [-0.39, 0.29) is 24.7 Å². The Hall–Kier alpha value is -1.99. The highest BCUT2D eigenvalue weighted by molar-refractivity contribution is 6.30. The van der Waals surface area contributed by atoms with Gasteiger partial charge in [-0.05, 0) is 17.7 Å². The molecule has 1 amide bonds. The van der Waals surface area contributed by atoms with Crippen molar-refractivity contribution in [3.63, 3.8) is 0 Å². The summed E-state index contributed by atoms with van der Waals surface area (Å²) in [6.07, 6.45) is 5.78. The van der Waals surface area contributed by atoms with Gasteiger partial charge in [-0.1, -0.05) is 23.7 Å². The van der Waals surface area contributed by atoms with E-state index in [1.807, 2.05) is 0 Å². The van der Waals surface area contributed by atoms with Gasteiger partial charge in [0.2, 0.25) is 5.91 Å². The highest BCUT2D eigenvalue weighted by Crippen LogP contribution is 2.22. The number of rotatable bonds is 4. The molecule has 1 heterocycles. The molecule has 0 spiro atoms. The van der Waals surface area contributed by atoms with Crippen molar-refractivity contribution in [2.45, 2.75) is 18.9 Å². The summed E-state index contributed by atoms with van der Waals surface area (Å²) in [6.45, 7) is 0.305. The smallest absolute Gasteiger partial charge is 0.326 e. The van der Waals surface area contributed by atoms with Crippen LogP contribution in [0.25, 0.3) is 0 Å². The quantitative estimate of drug-likeness (QED) is 0.861. The third kappa shape index (κ3) is 3.12.